The maximum absolute atomic E-state index is 12.4. The molecule has 7 nitrogen and oxygen atoms in total. The topological polar surface area (TPSA) is 76.5 Å². The quantitative estimate of drug-likeness (QED) is 0.878. The molecule has 2 fully saturated rings. The second kappa shape index (κ2) is 7.92. The van der Waals surface area contributed by atoms with E-state index in [-0.39, 0.29) is 18.4 Å². The Balaban J connectivity index is 1.32. The lowest BCUT2D eigenvalue weighted by Crippen LogP contribution is -2.42. The van der Waals surface area contributed by atoms with Gasteiger partial charge in [-0.25, -0.2) is 0 Å². The maximum Gasteiger partial charge on any atom is 0.255 e. The first-order valence-corrected chi connectivity index (χ1v) is 9.48. The third-order valence-corrected chi connectivity index (χ3v) is 5.30. The van der Waals surface area contributed by atoms with E-state index >= 15 is 0 Å². The number of carbonyl (C=O) groups is 2. The smallest absolute Gasteiger partial charge is 0.255 e. The van der Waals surface area contributed by atoms with Crippen molar-refractivity contribution in [3.8, 4) is 0 Å². The summed E-state index contributed by atoms with van der Waals surface area (Å²) in [6.07, 6.45) is 7.03. The first-order valence-electron chi connectivity index (χ1n) is 9.48. The van der Waals surface area contributed by atoms with Gasteiger partial charge in [0.15, 0.2) is 0 Å². The van der Waals surface area contributed by atoms with Crippen LogP contribution in [-0.2, 0) is 16.1 Å². The summed E-state index contributed by atoms with van der Waals surface area (Å²) in [5.41, 5.74) is 2.51. The molecule has 4 rings (SSSR count). The van der Waals surface area contributed by atoms with Crippen LogP contribution in [0.15, 0.2) is 36.7 Å². The second-order valence-electron chi connectivity index (χ2n) is 7.12. The highest BCUT2D eigenvalue weighted by molar-refractivity contribution is 6.04. The molecule has 2 aliphatic rings. The molecule has 1 N–H and O–H groups in total. The molecule has 2 amide bonds. The molecular formula is C20H24N4O3. The second-order valence-corrected chi connectivity index (χ2v) is 7.12. The van der Waals surface area contributed by atoms with E-state index in [9.17, 15) is 9.59 Å². The number of morpholine rings is 1. The average molecular weight is 368 g/mol. The van der Waals surface area contributed by atoms with E-state index in [4.69, 9.17) is 4.74 Å². The van der Waals surface area contributed by atoms with Gasteiger partial charge in [0.05, 0.1) is 25.1 Å². The summed E-state index contributed by atoms with van der Waals surface area (Å²) >= 11 is 0. The standard InChI is InChI=1S/C20H24N4O3/c25-19(23-8-10-27-11-9-23)14-24-13-18(12-21-24)22-20(26)17-6-4-16(5-7-17)15-2-1-3-15/h4-7,12-13,15H,1-3,8-11,14H2,(H,22,26). The molecule has 27 heavy (non-hydrogen) atoms. The third kappa shape index (κ3) is 4.19. The van der Waals surface area contributed by atoms with Gasteiger partial charge in [-0.3, -0.25) is 14.3 Å². The monoisotopic (exact) mass is 368 g/mol. The van der Waals surface area contributed by atoms with Crippen molar-refractivity contribution < 1.29 is 14.3 Å². The van der Waals surface area contributed by atoms with Crippen molar-refractivity contribution >= 4 is 17.5 Å². The van der Waals surface area contributed by atoms with E-state index in [0.717, 1.165) is 0 Å². The lowest BCUT2D eigenvalue weighted by atomic mass is 9.80. The molecule has 0 atom stereocenters. The van der Waals surface area contributed by atoms with Crippen molar-refractivity contribution in [1.82, 2.24) is 14.7 Å². The Kier molecular flexibility index (Phi) is 5.20. The Morgan fingerprint density at radius 3 is 2.56 bits per heavy atom. The first-order chi connectivity index (χ1) is 13.2. The lowest BCUT2D eigenvalue weighted by Gasteiger charge is -2.26. The normalized spacial score (nSPS) is 17.4. The summed E-state index contributed by atoms with van der Waals surface area (Å²) in [6, 6.07) is 7.83. The van der Waals surface area contributed by atoms with E-state index in [2.05, 4.69) is 10.4 Å². The summed E-state index contributed by atoms with van der Waals surface area (Å²) in [4.78, 5) is 26.5. The van der Waals surface area contributed by atoms with Crippen LogP contribution in [0, 0.1) is 0 Å². The van der Waals surface area contributed by atoms with Crippen LogP contribution >= 0.6 is 0 Å². The van der Waals surface area contributed by atoms with Crippen LogP contribution in [0.4, 0.5) is 5.69 Å². The number of nitrogens with one attached hydrogen (secondary N) is 1. The molecular weight excluding hydrogens is 344 g/mol. The van der Waals surface area contributed by atoms with Gasteiger partial charge in [-0.15, -0.1) is 0 Å². The number of carbonyl (C=O) groups excluding carboxylic acids is 2. The molecule has 1 saturated carbocycles. The number of amides is 2. The maximum atomic E-state index is 12.4. The Hall–Kier alpha value is -2.67. The minimum Gasteiger partial charge on any atom is -0.378 e. The third-order valence-electron chi connectivity index (χ3n) is 5.30. The Labute approximate surface area is 158 Å². The van der Waals surface area contributed by atoms with Crippen LogP contribution in [0.2, 0.25) is 0 Å². The Morgan fingerprint density at radius 2 is 1.89 bits per heavy atom. The molecule has 0 spiro atoms. The van der Waals surface area contributed by atoms with Crippen molar-refractivity contribution in [2.45, 2.75) is 31.7 Å². The molecule has 1 aliphatic carbocycles. The molecule has 0 unspecified atom stereocenters. The average Bonchev–Trinajstić information content (AvgIpc) is 3.08. The highest BCUT2D eigenvalue weighted by Gasteiger charge is 2.20. The number of rotatable bonds is 5. The zero-order valence-corrected chi connectivity index (χ0v) is 15.3. The number of hydrogen-bond acceptors (Lipinski definition) is 4. The van der Waals surface area contributed by atoms with Gasteiger partial charge < -0.3 is 15.0 Å². The summed E-state index contributed by atoms with van der Waals surface area (Å²) < 4.78 is 6.80. The minimum atomic E-state index is -0.172. The molecule has 0 radical (unpaired) electrons. The van der Waals surface area contributed by atoms with Gasteiger partial charge in [-0.1, -0.05) is 18.6 Å². The SMILES string of the molecule is O=C(Nc1cnn(CC(=O)N2CCOCC2)c1)c1ccc(C2CCC2)cc1. The molecule has 142 valence electrons. The van der Waals surface area contributed by atoms with Crippen LogP contribution in [0.3, 0.4) is 0 Å². The van der Waals surface area contributed by atoms with Crippen molar-refractivity contribution in [3.05, 3.63) is 47.8 Å². The summed E-state index contributed by atoms with van der Waals surface area (Å²) in [7, 11) is 0. The van der Waals surface area contributed by atoms with Crippen molar-refractivity contribution in [1.29, 1.82) is 0 Å². The lowest BCUT2D eigenvalue weighted by molar-refractivity contribution is -0.136. The fourth-order valence-corrected chi connectivity index (χ4v) is 3.42. The largest absolute Gasteiger partial charge is 0.378 e. The molecule has 1 aliphatic heterocycles. The van der Waals surface area contributed by atoms with E-state index in [1.807, 2.05) is 24.3 Å². The molecule has 2 aromatic rings. The first kappa shape index (κ1) is 17.7. The number of nitrogens with zero attached hydrogens (tertiary/aromatic N) is 3. The molecule has 1 aromatic heterocycles. The van der Waals surface area contributed by atoms with Crippen LogP contribution in [-0.4, -0.2) is 52.8 Å². The number of anilines is 1. The van der Waals surface area contributed by atoms with E-state index < -0.39 is 0 Å². The van der Waals surface area contributed by atoms with E-state index in [0.29, 0.717) is 43.5 Å². The molecule has 7 heteroatoms. The summed E-state index contributed by atoms with van der Waals surface area (Å²) in [5, 5.41) is 7.02. The van der Waals surface area contributed by atoms with Crippen molar-refractivity contribution in [2.24, 2.45) is 0 Å². The fraction of sp³-hybridized carbons (Fsp3) is 0.450. The van der Waals surface area contributed by atoms with Gasteiger partial charge in [0.25, 0.3) is 5.91 Å². The van der Waals surface area contributed by atoms with Crippen molar-refractivity contribution in [2.75, 3.05) is 31.6 Å². The Bertz CT molecular complexity index is 805. The fourth-order valence-electron chi connectivity index (χ4n) is 3.42. The summed E-state index contributed by atoms with van der Waals surface area (Å²) in [6.45, 7) is 2.53. The number of benzene rings is 1. The zero-order valence-electron chi connectivity index (χ0n) is 15.3. The number of ether oxygens (including phenoxy) is 1. The van der Waals surface area contributed by atoms with Crippen molar-refractivity contribution in [3.63, 3.8) is 0 Å². The minimum absolute atomic E-state index is 0.00543. The predicted molar refractivity (Wildman–Crippen MR) is 101 cm³/mol. The van der Waals surface area contributed by atoms with Gasteiger partial charge >= 0.3 is 0 Å². The highest BCUT2D eigenvalue weighted by Crippen LogP contribution is 2.36. The van der Waals surface area contributed by atoms with Crippen LogP contribution in [0.5, 0.6) is 0 Å². The molecule has 0 bridgehead atoms. The van der Waals surface area contributed by atoms with Gasteiger partial charge in [0, 0.05) is 24.8 Å². The van der Waals surface area contributed by atoms with E-state index in [1.165, 1.54) is 24.8 Å². The molecule has 1 aromatic carbocycles. The number of aromatic nitrogens is 2. The molecule has 1 saturated heterocycles. The van der Waals surface area contributed by atoms with Crippen LogP contribution in [0.25, 0.3) is 0 Å². The van der Waals surface area contributed by atoms with Gasteiger partial charge in [-0.2, -0.15) is 5.10 Å². The van der Waals surface area contributed by atoms with Crippen LogP contribution in [0.1, 0.15) is 41.1 Å². The van der Waals surface area contributed by atoms with Gasteiger partial charge in [-0.05, 0) is 36.5 Å². The predicted octanol–water partition coefficient (Wildman–Crippen LogP) is 2.26. The Morgan fingerprint density at radius 1 is 1.15 bits per heavy atom. The van der Waals surface area contributed by atoms with Gasteiger partial charge in [0.1, 0.15) is 6.54 Å². The van der Waals surface area contributed by atoms with Crippen LogP contribution < -0.4 is 5.32 Å². The van der Waals surface area contributed by atoms with E-state index in [1.54, 1.807) is 22.0 Å². The molecule has 2 heterocycles. The number of hydrogen-bond donors (Lipinski definition) is 1. The summed E-state index contributed by atoms with van der Waals surface area (Å²) in [5.74, 6) is 0.490. The van der Waals surface area contributed by atoms with Gasteiger partial charge in [0.2, 0.25) is 5.91 Å². The zero-order chi connectivity index (χ0) is 18.6. The highest BCUT2D eigenvalue weighted by atomic mass is 16.5.